The molecule has 34 heavy (non-hydrogen) atoms. The summed E-state index contributed by atoms with van der Waals surface area (Å²) >= 11 is 6.11. The molecule has 1 aliphatic heterocycles. The fourth-order valence-corrected chi connectivity index (χ4v) is 4.30. The van der Waals surface area contributed by atoms with Gasteiger partial charge in [0.1, 0.15) is 17.9 Å². The molecule has 0 saturated carbocycles. The monoisotopic (exact) mass is 469 g/mol. The number of Topliss-reactive ketones (excluding diaryl/α,β-unsaturated/α-hetero) is 1. The smallest absolute Gasteiger partial charge is 0.250 e. The van der Waals surface area contributed by atoms with Crippen LogP contribution >= 0.6 is 11.6 Å². The molecule has 0 radical (unpaired) electrons. The number of aromatic nitrogens is 2. The van der Waals surface area contributed by atoms with E-state index in [9.17, 15) is 9.59 Å². The van der Waals surface area contributed by atoms with Crippen LogP contribution in [0, 0.1) is 0 Å². The van der Waals surface area contributed by atoms with Crippen LogP contribution in [0.15, 0.2) is 72.0 Å². The van der Waals surface area contributed by atoms with Gasteiger partial charge in [-0.05, 0) is 41.0 Å². The maximum Gasteiger partial charge on any atom is 0.250 e. The van der Waals surface area contributed by atoms with Crippen LogP contribution in [0.5, 0.6) is 0 Å². The summed E-state index contributed by atoms with van der Waals surface area (Å²) in [4.78, 5) is 37.6. The number of hydrogen-bond acceptors (Lipinski definition) is 6. The minimum Gasteiger partial charge on any atom is -0.366 e. The number of aliphatic imine (C=N–C) groups is 1. The van der Waals surface area contributed by atoms with Crippen molar-refractivity contribution in [3.63, 3.8) is 0 Å². The molecule has 0 fully saturated rings. The number of ketones is 1. The highest BCUT2D eigenvalue weighted by atomic mass is 35.5. The Labute approximate surface area is 200 Å². The van der Waals surface area contributed by atoms with Crippen LogP contribution in [0.4, 0.5) is 5.82 Å². The molecular weight excluding hydrogens is 450 g/mol. The van der Waals surface area contributed by atoms with Gasteiger partial charge in [0.05, 0.1) is 17.6 Å². The van der Waals surface area contributed by atoms with Crippen molar-refractivity contribution < 1.29 is 9.59 Å². The van der Waals surface area contributed by atoms with Gasteiger partial charge in [-0.1, -0.05) is 48.0 Å². The van der Waals surface area contributed by atoms with Crippen LogP contribution in [-0.2, 0) is 24.3 Å². The van der Waals surface area contributed by atoms with Crippen LogP contribution in [-0.4, -0.2) is 27.4 Å². The second kappa shape index (κ2) is 9.03. The second-order valence-corrected chi connectivity index (χ2v) is 8.46. The number of amides is 1. The molecule has 3 aromatic carbocycles. The Bertz CT molecular complexity index is 1480. The van der Waals surface area contributed by atoms with Crippen molar-refractivity contribution in [3.8, 4) is 0 Å². The molecule has 0 aliphatic carbocycles. The Hall–Kier alpha value is -4.10. The number of nitrogens with zero attached hydrogens (tertiary/aromatic N) is 3. The number of halogens is 1. The number of para-hydroxylation sites is 1. The van der Waals surface area contributed by atoms with Crippen LogP contribution < -0.4 is 11.1 Å². The van der Waals surface area contributed by atoms with Crippen molar-refractivity contribution >= 4 is 45.7 Å². The Balaban J connectivity index is 1.32. The molecule has 3 N–H and O–H groups in total. The average Bonchev–Trinajstić information content (AvgIpc) is 3.25. The van der Waals surface area contributed by atoms with E-state index in [1.165, 1.54) is 6.33 Å². The molecule has 5 rings (SSSR count). The number of carbonyl (C=O) groups is 2. The Morgan fingerprint density at radius 3 is 2.68 bits per heavy atom. The van der Waals surface area contributed by atoms with Crippen LogP contribution in [0.3, 0.4) is 0 Å². The largest absolute Gasteiger partial charge is 0.366 e. The van der Waals surface area contributed by atoms with Crippen LogP contribution in [0.2, 0.25) is 5.02 Å². The van der Waals surface area contributed by atoms with Crippen LogP contribution in [0.1, 0.15) is 32.6 Å². The minimum absolute atomic E-state index is 0.0353. The third kappa shape index (κ3) is 4.25. The molecule has 1 amide bonds. The van der Waals surface area contributed by atoms with Crippen LogP contribution in [0.25, 0.3) is 10.9 Å². The molecule has 4 aromatic rings. The molecule has 2 heterocycles. The molecule has 0 spiro atoms. The molecule has 8 heteroatoms. The summed E-state index contributed by atoms with van der Waals surface area (Å²) in [6.07, 6.45) is 1.65. The number of nitrogens with one attached hydrogen (secondary N) is 1. The summed E-state index contributed by atoms with van der Waals surface area (Å²) in [5, 5.41) is 4.60. The number of carbonyl (C=O) groups excluding carboxylic acids is 2. The summed E-state index contributed by atoms with van der Waals surface area (Å²) in [7, 11) is 0. The topological polar surface area (TPSA) is 110 Å². The van der Waals surface area contributed by atoms with Gasteiger partial charge in [0, 0.05) is 28.9 Å². The van der Waals surface area contributed by atoms with Crippen molar-refractivity contribution in [2.45, 2.75) is 19.5 Å². The van der Waals surface area contributed by atoms with Gasteiger partial charge in [-0.15, -0.1) is 0 Å². The molecule has 0 bridgehead atoms. The van der Waals surface area contributed by atoms with E-state index in [0.29, 0.717) is 46.1 Å². The van der Waals surface area contributed by atoms with Gasteiger partial charge in [-0.25, -0.2) is 9.97 Å². The number of nitrogens with two attached hydrogens (primary N) is 1. The van der Waals surface area contributed by atoms with E-state index in [1.54, 1.807) is 18.2 Å². The summed E-state index contributed by atoms with van der Waals surface area (Å²) in [5.41, 5.74) is 10.5. The number of anilines is 1. The maximum atomic E-state index is 13.0. The third-order valence-corrected chi connectivity index (χ3v) is 5.98. The lowest BCUT2D eigenvalue weighted by atomic mass is 9.98. The number of rotatable bonds is 7. The highest BCUT2D eigenvalue weighted by Gasteiger charge is 2.22. The SMILES string of the molecule is NC(=O)c1cccc2c(NCc3cccc(CC(=O)C4=NCc5ccc(Cl)cc54)c3)ncnc12. The molecule has 0 atom stereocenters. The summed E-state index contributed by atoms with van der Waals surface area (Å²) < 4.78 is 0. The predicted octanol–water partition coefficient (Wildman–Crippen LogP) is 4.11. The van der Waals surface area contributed by atoms with Gasteiger partial charge in [0.15, 0.2) is 5.78 Å². The van der Waals surface area contributed by atoms with E-state index in [-0.39, 0.29) is 12.2 Å². The summed E-state index contributed by atoms with van der Waals surface area (Å²) in [5.74, 6) is 0.0275. The first kappa shape index (κ1) is 21.7. The summed E-state index contributed by atoms with van der Waals surface area (Å²) in [6, 6.07) is 18.6. The molecule has 7 nitrogen and oxygen atoms in total. The predicted molar refractivity (Wildman–Crippen MR) is 132 cm³/mol. The second-order valence-electron chi connectivity index (χ2n) is 8.03. The van der Waals surface area contributed by atoms with Crippen molar-refractivity contribution in [1.82, 2.24) is 9.97 Å². The van der Waals surface area contributed by atoms with Gasteiger partial charge in [-0.3, -0.25) is 14.6 Å². The van der Waals surface area contributed by atoms with Gasteiger partial charge in [-0.2, -0.15) is 0 Å². The summed E-state index contributed by atoms with van der Waals surface area (Å²) in [6.45, 7) is 0.982. The zero-order chi connectivity index (χ0) is 23.7. The van der Waals surface area contributed by atoms with Gasteiger partial charge >= 0.3 is 0 Å². The van der Waals surface area contributed by atoms with Gasteiger partial charge < -0.3 is 11.1 Å². The molecule has 0 saturated heterocycles. The molecule has 0 unspecified atom stereocenters. The van der Waals surface area contributed by atoms with Crippen molar-refractivity contribution in [2.24, 2.45) is 10.7 Å². The first-order valence-electron chi connectivity index (χ1n) is 10.7. The van der Waals surface area contributed by atoms with Gasteiger partial charge in [0.2, 0.25) is 0 Å². The fourth-order valence-electron chi connectivity index (χ4n) is 4.13. The first-order valence-corrected chi connectivity index (χ1v) is 11.1. The molecule has 168 valence electrons. The minimum atomic E-state index is -0.538. The number of fused-ring (bicyclic) bond motifs is 2. The lowest BCUT2D eigenvalue weighted by Crippen LogP contribution is -2.16. The third-order valence-electron chi connectivity index (χ3n) is 5.74. The number of benzene rings is 3. The van der Waals surface area contributed by atoms with E-state index in [0.717, 1.165) is 22.3 Å². The van der Waals surface area contributed by atoms with Crippen molar-refractivity contribution in [1.29, 1.82) is 0 Å². The Morgan fingerprint density at radius 2 is 1.82 bits per heavy atom. The van der Waals surface area contributed by atoms with Crippen molar-refractivity contribution in [2.75, 3.05) is 5.32 Å². The highest BCUT2D eigenvalue weighted by Crippen LogP contribution is 2.25. The van der Waals surface area contributed by atoms with E-state index in [4.69, 9.17) is 17.3 Å². The Kier molecular flexibility index (Phi) is 5.77. The first-order chi connectivity index (χ1) is 16.5. The lowest BCUT2D eigenvalue weighted by molar-refractivity contribution is -0.112. The maximum absolute atomic E-state index is 13.0. The van der Waals surface area contributed by atoms with Crippen molar-refractivity contribution in [3.05, 3.63) is 99.8 Å². The van der Waals surface area contributed by atoms with E-state index in [1.807, 2.05) is 42.5 Å². The Morgan fingerprint density at radius 1 is 1.00 bits per heavy atom. The quantitative estimate of drug-likeness (QED) is 0.423. The lowest BCUT2D eigenvalue weighted by Gasteiger charge is -2.11. The zero-order valence-corrected chi connectivity index (χ0v) is 18.8. The number of hydrogen-bond donors (Lipinski definition) is 2. The standard InChI is InChI=1S/C26H20ClN5O2/c27-18-8-7-17-13-29-24(21(17)11-18)22(33)10-15-3-1-4-16(9-15)12-30-26-20-6-2-5-19(25(28)34)23(20)31-14-32-26/h1-9,11,14H,10,12-13H2,(H2,28,34)(H,30,31,32). The zero-order valence-electron chi connectivity index (χ0n) is 18.1. The van der Waals surface area contributed by atoms with Gasteiger partial charge in [0.25, 0.3) is 5.91 Å². The van der Waals surface area contributed by atoms with E-state index in [2.05, 4.69) is 20.3 Å². The molecule has 1 aliphatic rings. The molecule has 1 aromatic heterocycles. The highest BCUT2D eigenvalue weighted by molar-refractivity contribution is 6.47. The normalized spacial score (nSPS) is 12.3. The van der Waals surface area contributed by atoms with E-state index >= 15 is 0 Å². The van der Waals surface area contributed by atoms with E-state index < -0.39 is 5.91 Å². The molecular formula is C26H20ClN5O2. The fraction of sp³-hybridized carbons (Fsp3) is 0.115. The number of primary amides is 1. The average molecular weight is 470 g/mol.